The number of aryl methyl sites for hydroxylation is 3. The van der Waals surface area contributed by atoms with E-state index >= 15 is 0 Å². The lowest BCUT2D eigenvalue weighted by atomic mass is 9.99. The topological polar surface area (TPSA) is 49.4 Å². The van der Waals surface area contributed by atoms with E-state index in [1.807, 2.05) is 82.3 Å². The molecule has 3 aromatic carbocycles. The van der Waals surface area contributed by atoms with Gasteiger partial charge in [0.2, 0.25) is 11.8 Å². The Morgan fingerprint density at radius 1 is 0.800 bits per heavy atom. The normalized spacial score (nSPS) is 12.2. The number of carbonyl (C=O) groups excluding carboxylic acids is 2. The number of benzene rings is 3. The van der Waals surface area contributed by atoms with E-state index in [0.29, 0.717) is 13.0 Å². The molecule has 3 rings (SSSR count). The maximum atomic E-state index is 13.8. The molecule has 3 aromatic rings. The Kier molecular flexibility index (Phi) is 8.50. The third-order valence-corrected chi connectivity index (χ3v) is 6.13. The van der Waals surface area contributed by atoms with Crippen LogP contribution >= 0.6 is 0 Å². The highest BCUT2D eigenvalue weighted by Gasteiger charge is 2.32. The summed E-state index contributed by atoms with van der Waals surface area (Å²) in [7, 11) is 0. The summed E-state index contributed by atoms with van der Waals surface area (Å²) in [6.07, 6.45) is 0.703. The van der Waals surface area contributed by atoms with Gasteiger partial charge in [0.15, 0.2) is 0 Å². The predicted molar refractivity (Wildman–Crippen MR) is 143 cm³/mol. The van der Waals surface area contributed by atoms with E-state index in [1.165, 1.54) is 5.56 Å². The lowest BCUT2D eigenvalue weighted by Gasteiger charge is -2.34. The van der Waals surface area contributed by atoms with Gasteiger partial charge in [-0.1, -0.05) is 78.4 Å². The first-order chi connectivity index (χ1) is 16.5. The van der Waals surface area contributed by atoms with Crippen molar-refractivity contribution in [1.82, 2.24) is 10.2 Å². The van der Waals surface area contributed by atoms with E-state index in [4.69, 9.17) is 0 Å². The second-order valence-electron chi connectivity index (χ2n) is 10.6. The van der Waals surface area contributed by atoms with Crippen molar-refractivity contribution in [1.29, 1.82) is 0 Å². The summed E-state index contributed by atoms with van der Waals surface area (Å²) in [4.78, 5) is 29.2. The lowest BCUT2D eigenvalue weighted by Crippen LogP contribution is -2.54. The molecule has 0 aliphatic rings. The first kappa shape index (κ1) is 26.2. The first-order valence-electron chi connectivity index (χ1n) is 12.3. The summed E-state index contributed by atoms with van der Waals surface area (Å²) >= 11 is 0. The minimum atomic E-state index is -0.629. The number of rotatable bonds is 8. The van der Waals surface area contributed by atoms with Crippen LogP contribution in [0.4, 0.5) is 0 Å². The molecule has 1 atom stereocenters. The number of hydrogen-bond acceptors (Lipinski definition) is 2. The van der Waals surface area contributed by atoms with Crippen LogP contribution in [0.5, 0.6) is 0 Å². The molecule has 0 radical (unpaired) electrons. The van der Waals surface area contributed by atoms with Gasteiger partial charge < -0.3 is 10.2 Å². The highest BCUT2D eigenvalue weighted by Crippen LogP contribution is 2.19. The molecule has 0 spiro atoms. The van der Waals surface area contributed by atoms with Crippen LogP contribution in [0.15, 0.2) is 72.8 Å². The zero-order valence-electron chi connectivity index (χ0n) is 21.9. The van der Waals surface area contributed by atoms with Gasteiger partial charge in [-0.05, 0) is 69.4 Å². The van der Waals surface area contributed by atoms with Crippen molar-refractivity contribution in [2.75, 3.05) is 0 Å². The third kappa shape index (κ3) is 7.81. The molecule has 0 bridgehead atoms. The quantitative estimate of drug-likeness (QED) is 0.458. The zero-order valence-corrected chi connectivity index (χ0v) is 21.9. The van der Waals surface area contributed by atoms with Crippen molar-refractivity contribution in [2.24, 2.45) is 0 Å². The Bertz CT molecular complexity index is 1160. The van der Waals surface area contributed by atoms with E-state index in [0.717, 1.165) is 27.8 Å². The fraction of sp³-hybridized carbons (Fsp3) is 0.355. The molecule has 0 unspecified atom stereocenters. The Balaban J connectivity index is 2.00. The van der Waals surface area contributed by atoms with Gasteiger partial charge in [0.1, 0.15) is 6.04 Å². The van der Waals surface area contributed by atoms with Crippen LogP contribution in [-0.2, 0) is 29.0 Å². The van der Waals surface area contributed by atoms with Gasteiger partial charge in [-0.3, -0.25) is 9.59 Å². The van der Waals surface area contributed by atoms with Gasteiger partial charge in [-0.2, -0.15) is 0 Å². The molecule has 0 aromatic heterocycles. The molecule has 4 nitrogen and oxygen atoms in total. The second-order valence-corrected chi connectivity index (χ2v) is 10.6. The summed E-state index contributed by atoms with van der Waals surface area (Å²) in [6.45, 7) is 12.4. The molecule has 35 heavy (non-hydrogen) atoms. The van der Waals surface area contributed by atoms with Crippen LogP contribution in [0.3, 0.4) is 0 Å². The van der Waals surface area contributed by atoms with Gasteiger partial charge in [-0.25, -0.2) is 0 Å². The summed E-state index contributed by atoms with van der Waals surface area (Å²) < 4.78 is 0. The molecule has 0 aliphatic carbocycles. The Morgan fingerprint density at radius 3 is 2.11 bits per heavy atom. The Labute approximate surface area is 210 Å². The molecule has 0 saturated heterocycles. The van der Waals surface area contributed by atoms with E-state index in [-0.39, 0.29) is 18.2 Å². The molecule has 1 N–H and O–H groups in total. The van der Waals surface area contributed by atoms with Gasteiger partial charge in [0.25, 0.3) is 0 Å². The Hall–Kier alpha value is -3.40. The standard InChI is InChI=1S/C31H38N2O2/c1-22-11-10-14-27(17-22)21-33(29(34)20-26-16-15-23(2)24(3)18-26)28(30(35)32-31(4,5)6)19-25-12-8-7-9-13-25/h7-18,28H,19-21H2,1-6H3,(H,32,35)/t28-/m0/s1. The number of nitrogens with zero attached hydrogens (tertiary/aromatic N) is 1. The summed E-state index contributed by atoms with van der Waals surface area (Å²) in [6, 6.07) is 23.6. The third-order valence-electron chi connectivity index (χ3n) is 6.13. The highest BCUT2D eigenvalue weighted by molar-refractivity contribution is 5.89. The smallest absolute Gasteiger partial charge is 0.243 e. The Morgan fingerprint density at radius 2 is 1.49 bits per heavy atom. The molecule has 0 saturated carbocycles. The average molecular weight is 471 g/mol. The van der Waals surface area contributed by atoms with E-state index in [1.54, 1.807) is 4.90 Å². The highest BCUT2D eigenvalue weighted by atomic mass is 16.2. The maximum absolute atomic E-state index is 13.8. The molecule has 2 amide bonds. The molecular weight excluding hydrogens is 432 g/mol. The SMILES string of the molecule is Cc1cccc(CN(C(=O)Cc2ccc(C)c(C)c2)[C@@H](Cc2ccccc2)C(=O)NC(C)(C)C)c1. The number of hydrogen-bond donors (Lipinski definition) is 1. The molecular formula is C31H38N2O2. The van der Waals surface area contributed by atoms with Crippen molar-refractivity contribution in [3.63, 3.8) is 0 Å². The second kappa shape index (κ2) is 11.4. The fourth-order valence-corrected chi connectivity index (χ4v) is 4.20. The van der Waals surface area contributed by atoms with Crippen LogP contribution in [-0.4, -0.2) is 28.3 Å². The monoisotopic (exact) mass is 470 g/mol. The molecule has 0 aliphatic heterocycles. The van der Waals surface area contributed by atoms with Crippen LogP contribution in [0, 0.1) is 20.8 Å². The van der Waals surface area contributed by atoms with E-state index < -0.39 is 11.6 Å². The number of carbonyl (C=O) groups is 2. The molecule has 0 heterocycles. The minimum Gasteiger partial charge on any atom is -0.350 e. The van der Waals surface area contributed by atoms with Gasteiger partial charge in [0, 0.05) is 18.5 Å². The summed E-state index contributed by atoms with van der Waals surface area (Å²) in [5.41, 5.74) is 6.08. The van der Waals surface area contributed by atoms with Crippen molar-refractivity contribution in [3.05, 3.63) is 106 Å². The van der Waals surface area contributed by atoms with Gasteiger partial charge in [0.05, 0.1) is 6.42 Å². The van der Waals surface area contributed by atoms with E-state index in [9.17, 15) is 9.59 Å². The van der Waals surface area contributed by atoms with Crippen molar-refractivity contribution >= 4 is 11.8 Å². The van der Waals surface area contributed by atoms with Crippen LogP contribution in [0.1, 0.15) is 54.2 Å². The zero-order chi connectivity index (χ0) is 25.6. The molecule has 0 fully saturated rings. The number of amides is 2. The van der Waals surface area contributed by atoms with Gasteiger partial charge >= 0.3 is 0 Å². The van der Waals surface area contributed by atoms with Crippen molar-refractivity contribution in [3.8, 4) is 0 Å². The van der Waals surface area contributed by atoms with Crippen molar-refractivity contribution < 1.29 is 9.59 Å². The minimum absolute atomic E-state index is 0.0558. The molecule has 184 valence electrons. The van der Waals surface area contributed by atoms with Gasteiger partial charge in [-0.15, -0.1) is 0 Å². The largest absolute Gasteiger partial charge is 0.350 e. The first-order valence-corrected chi connectivity index (χ1v) is 12.3. The van der Waals surface area contributed by atoms with Crippen LogP contribution in [0.25, 0.3) is 0 Å². The maximum Gasteiger partial charge on any atom is 0.243 e. The summed E-state index contributed by atoms with van der Waals surface area (Å²) in [5, 5.41) is 3.12. The molecule has 4 heteroatoms. The lowest BCUT2D eigenvalue weighted by molar-refractivity contribution is -0.141. The van der Waals surface area contributed by atoms with Crippen LogP contribution < -0.4 is 5.32 Å². The summed E-state index contributed by atoms with van der Waals surface area (Å²) in [5.74, 6) is -0.192. The predicted octanol–water partition coefficient (Wildman–Crippen LogP) is 5.71. The van der Waals surface area contributed by atoms with Crippen molar-refractivity contribution in [2.45, 2.75) is 72.5 Å². The van der Waals surface area contributed by atoms with Crippen LogP contribution in [0.2, 0.25) is 0 Å². The fourth-order valence-electron chi connectivity index (χ4n) is 4.20. The van der Waals surface area contributed by atoms with E-state index in [2.05, 4.69) is 37.4 Å². The average Bonchev–Trinajstić information content (AvgIpc) is 2.78. The number of nitrogens with one attached hydrogen (secondary N) is 1.